The Bertz CT molecular complexity index is 1470. The number of alkyl halides is 6. The van der Waals surface area contributed by atoms with Crippen molar-refractivity contribution in [2.24, 2.45) is 5.73 Å². The number of hydrogen-bond acceptors (Lipinski definition) is 7. The fourth-order valence-corrected chi connectivity index (χ4v) is 6.48. The van der Waals surface area contributed by atoms with Crippen LogP contribution in [0.15, 0.2) is 24.5 Å². The predicted molar refractivity (Wildman–Crippen MR) is 133 cm³/mol. The van der Waals surface area contributed by atoms with Crippen molar-refractivity contribution >= 4 is 17.4 Å². The average Bonchev–Trinajstić information content (AvgIpc) is 3.60. The largest absolute Gasteiger partial charge is 0.421 e. The monoisotopic (exact) mass is 583 g/mol. The first-order valence-corrected chi connectivity index (χ1v) is 13.2. The standard InChI is InChI=1S/C26H27F6N7O2/c27-25(28,29)24(34,26(30,31)32)18-6-3-13(9-35-18)17-10-36-39-22(33)20(12-1-2-12)21(37-23(17)39)14-7-15-4-5-16(8-14)38(15)19(41)11-40/h3,6,9-10,12,14-16,40H,1-2,4-5,7-8,11,33-34H2. The van der Waals surface area contributed by atoms with Gasteiger partial charge in [-0.15, -0.1) is 0 Å². The van der Waals surface area contributed by atoms with Crippen molar-refractivity contribution in [2.45, 2.75) is 80.3 Å². The number of amides is 1. The van der Waals surface area contributed by atoms with Crippen molar-refractivity contribution in [3.05, 3.63) is 41.5 Å². The summed E-state index contributed by atoms with van der Waals surface area (Å²) < 4.78 is 82.0. The summed E-state index contributed by atoms with van der Waals surface area (Å²) in [5.74, 6) is 0.248. The minimum absolute atomic E-state index is 0.0298. The van der Waals surface area contributed by atoms with Crippen LogP contribution >= 0.6 is 0 Å². The van der Waals surface area contributed by atoms with Crippen molar-refractivity contribution in [1.82, 2.24) is 24.5 Å². The van der Waals surface area contributed by atoms with Crippen LogP contribution in [-0.2, 0) is 10.3 Å². The number of pyridine rings is 1. The minimum atomic E-state index is -5.83. The summed E-state index contributed by atoms with van der Waals surface area (Å²) in [7, 11) is 0. The zero-order chi connectivity index (χ0) is 29.5. The highest BCUT2D eigenvalue weighted by atomic mass is 19.4. The van der Waals surface area contributed by atoms with Gasteiger partial charge in [0.05, 0.1) is 17.6 Å². The smallest absolute Gasteiger partial charge is 0.387 e. The van der Waals surface area contributed by atoms with Crippen molar-refractivity contribution in [3.63, 3.8) is 0 Å². The predicted octanol–water partition coefficient (Wildman–Crippen LogP) is 3.76. The van der Waals surface area contributed by atoms with E-state index in [1.165, 1.54) is 10.7 Å². The number of fused-ring (bicyclic) bond motifs is 3. The van der Waals surface area contributed by atoms with Crippen LogP contribution in [0.2, 0.25) is 0 Å². The van der Waals surface area contributed by atoms with E-state index in [1.54, 1.807) is 4.90 Å². The average molecular weight is 584 g/mol. The molecule has 2 saturated heterocycles. The summed E-state index contributed by atoms with van der Waals surface area (Å²) in [6.07, 6.45) is -4.61. The van der Waals surface area contributed by atoms with E-state index in [-0.39, 0.29) is 35.4 Å². The third-order valence-corrected chi connectivity index (χ3v) is 8.65. The van der Waals surface area contributed by atoms with Crippen molar-refractivity contribution in [2.75, 3.05) is 12.3 Å². The molecular weight excluding hydrogens is 556 g/mol. The first kappa shape index (κ1) is 27.7. The molecule has 5 N–H and O–H groups in total. The van der Waals surface area contributed by atoms with Crippen molar-refractivity contribution < 1.29 is 36.2 Å². The quantitative estimate of drug-likeness (QED) is 0.389. The first-order chi connectivity index (χ1) is 19.3. The second-order valence-electron chi connectivity index (χ2n) is 11.1. The lowest BCUT2D eigenvalue weighted by Gasteiger charge is -2.39. The van der Waals surface area contributed by atoms with Crippen LogP contribution < -0.4 is 11.5 Å². The van der Waals surface area contributed by atoms with E-state index in [1.807, 2.05) is 0 Å². The summed E-state index contributed by atoms with van der Waals surface area (Å²) in [6, 6.07) is 1.60. The maximum atomic E-state index is 13.4. The molecule has 3 aromatic rings. The maximum absolute atomic E-state index is 13.4. The van der Waals surface area contributed by atoms with E-state index >= 15 is 0 Å². The number of nitrogen functional groups attached to an aromatic ring is 1. The number of nitrogens with two attached hydrogens (primary N) is 2. The number of aliphatic hydroxyl groups is 1. The van der Waals surface area contributed by atoms with Crippen LogP contribution in [0.3, 0.4) is 0 Å². The molecule has 3 aromatic heterocycles. The molecule has 15 heteroatoms. The number of aliphatic hydroxyl groups excluding tert-OH is 1. The third kappa shape index (κ3) is 4.23. The summed E-state index contributed by atoms with van der Waals surface area (Å²) in [5.41, 5.74) is 7.92. The second-order valence-corrected chi connectivity index (χ2v) is 11.1. The lowest BCUT2D eigenvalue weighted by molar-refractivity contribution is -0.303. The lowest BCUT2D eigenvalue weighted by atomic mass is 9.85. The first-order valence-electron chi connectivity index (χ1n) is 13.2. The number of hydrogen-bond donors (Lipinski definition) is 3. The van der Waals surface area contributed by atoms with Gasteiger partial charge in [0.25, 0.3) is 5.54 Å². The van der Waals surface area contributed by atoms with Gasteiger partial charge < -0.3 is 21.5 Å². The molecular formula is C26H27F6N7O2. The van der Waals surface area contributed by atoms with E-state index in [0.29, 0.717) is 35.9 Å². The topological polar surface area (TPSA) is 136 Å². The SMILES string of the molecule is Nc1c(C2CC2)c(C2CC3CCC(C2)N3C(=O)CO)nc2c(-c3ccc(C(N)(C(F)(F)F)C(F)(F)F)nc3)cnn12. The Morgan fingerprint density at radius 3 is 2.12 bits per heavy atom. The molecule has 1 amide bonds. The van der Waals surface area contributed by atoms with Gasteiger partial charge in [-0.25, -0.2) is 4.98 Å². The van der Waals surface area contributed by atoms with Gasteiger partial charge in [0.15, 0.2) is 5.65 Å². The highest BCUT2D eigenvalue weighted by molar-refractivity contribution is 5.79. The molecule has 41 heavy (non-hydrogen) atoms. The molecule has 3 aliphatic rings. The van der Waals surface area contributed by atoms with Gasteiger partial charge in [0.2, 0.25) is 5.91 Å². The summed E-state index contributed by atoms with van der Waals surface area (Å²) in [4.78, 5) is 22.5. The number of carbonyl (C=O) groups is 1. The van der Waals surface area contributed by atoms with Crippen LogP contribution in [-0.4, -0.2) is 66.5 Å². The van der Waals surface area contributed by atoms with E-state index in [0.717, 1.165) is 49.2 Å². The Labute approximate surface area is 229 Å². The summed E-state index contributed by atoms with van der Waals surface area (Å²) in [6.45, 7) is -0.550. The molecule has 220 valence electrons. The number of rotatable bonds is 5. The summed E-state index contributed by atoms with van der Waals surface area (Å²) in [5, 5.41) is 13.7. The van der Waals surface area contributed by atoms with Crippen molar-refractivity contribution in [3.8, 4) is 11.1 Å². The van der Waals surface area contributed by atoms with Gasteiger partial charge in [-0.05, 0) is 50.5 Å². The Kier molecular flexibility index (Phi) is 6.27. The number of anilines is 1. The number of piperidine rings is 1. The molecule has 9 nitrogen and oxygen atoms in total. The van der Waals surface area contributed by atoms with Gasteiger partial charge in [0.1, 0.15) is 12.4 Å². The fraction of sp³-hybridized carbons (Fsp3) is 0.538. The van der Waals surface area contributed by atoms with Gasteiger partial charge in [0, 0.05) is 40.9 Å². The molecule has 2 unspecified atom stereocenters. The maximum Gasteiger partial charge on any atom is 0.421 e. The summed E-state index contributed by atoms with van der Waals surface area (Å²) >= 11 is 0. The van der Waals surface area contributed by atoms with Crippen LogP contribution in [0, 0.1) is 0 Å². The molecule has 3 fully saturated rings. The van der Waals surface area contributed by atoms with Crippen LogP contribution in [0.25, 0.3) is 16.8 Å². The molecule has 2 atom stereocenters. The number of halogens is 6. The fourth-order valence-electron chi connectivity index (χ4n) is 6.48. The molecule has 0 spiro atoms. The molecule has 1 saturated carbocycles. The number of carbonyl (C=O) groups excluding carboxylic acids is 1. The zero-order valence-corrected chi connectivity index (χ0v) is 21.6. The van der Waals surface area contributed by atoms with E-state index in [4.69, 9.17) is 16.5 Å². The van der Waals surface area contributed by atoms with Crippen LogP contribution in [0.1, 0.15) is 67.3 Å². The normalized spacial score (nSPS) is 23.4. The van der Waals surface area contributed by atoms with Crippen LogP contribution in [0.4, 0.5) is 32.2 Å². The lowest BCUT2D eigenvalue weighted by Crippen LogP contribution is -2.61. The molecule has 2 aliphatic heterocycles. The van der Waals surface area contributed by atoms with Gasteiger partial charge >= 0.3 is 12.4 Å². The molecule has 5 heterocycles. The number of aromatic nitrogens is 4. The molecule has 2 bridgehead atoms. The zero-order valence-electron chi connectivity index (χ0n) is 21.6. The third-order valence-electron chi connectivity index (χ3n) is 8.65. The van der Waals surface area contributed by atoms with E-state index in [2.05, 4.69) is 10.1 Å². The van der Waals surface area contributed by atoms with Gasteiger partial charge in [-0.2, -0.15) is 36.0 Å². The second kappa shape index (κ2) is 9.28. The van der Waals surface area contributed by atoms with Gasteiger partial charge in [-0.3, -0.25) is 9.78 Å². The van der Waals surface area contributed by atoms with E-state index < -0.39 is 30.2 Å². The highest BCUT2D eigenvalue weighted by Gasteiger charge is 2.70. The minimum Gasteiger partial charge on any atom is -0.387 e. The van der Waals surface area contributed by atoms with E-state index in [9.17, 15) is 36.2 Å². The molecule has 1 aliphatic carbocycles. The Balaban J connectivity index is 1.40. The number of nitrogens with zero attached hydrogens (tertiary/aromatic N) is 5. The Morgan fingerprint density at radius 2 is 1.61 bits per heavy atom. The molecule has 0 radical (unpaired) electrons. The van der Waals surface area contributed by atoms with Crippen molar-refractivity contribution in [1.29, 1.82) is 0 Å². The molecule has 6 rings (SSSR count). The molecule has 0 aromatic carbocycles. The van der Waals surface area contributed by atoms with Crippen LogP contribution in [0.5, 0.6) is 0 Å². The van der Waals surface area contributed by atoms with Gasteiger partial charge in [-0.1, -0.05) is 6.07 Å². The Morgan fingerprint density at radius 1 is 0.976 bits per heavy atom. The highest BCUT2D eigenvalue weighted by Crippen LogP contribution is 2.51. The Hall–Kier alpha value is -3.46.